The van der Waals surface area contributed by atoms with E-state index < -0.39 is 0 Å². The third-order valence-electron chi connectivity index (χ3n) is 6.91. The highest BCUT2D eigenvalue weighted by Crippen LogP contribution is 2.43. The number of rotatable bonds is 7. The molecule has 0 amide bonds. The average molecular weight is 369 g/mol. The van der Waals surface area contributed by atoms with E-state index in [0.717, 1.165) is 32.1 Å². The molecule has 156 valence electrons. The first-order valence-electron chi connectivity index (χ1n) is 11.3. The Morgan fingerprint density at radius 1 is 0.962 bits per heavy atom. The number of likely N-dealkylation sites (tertiary alicyclic amines) is 1. The highest BCUT2D eigenvalue weighted by atomic mass is 15.4. The zero-order valence-electron chi connectivity index (χ0n) is 19.0. The summed E-state index contributed by atoms with van der Waals surface area (Å²) in [6.07, 6.45) is 6.71. The van der Waals surface area contributed by atoms with Gasteiger partial charge in [-0.1, -0.05) is 47.5 Å². The molecule has 2 aliphatic heterocycles. The molecule has 0 radical (unpaired) electrons. The van der Waals surface area contributed by atoms with Crippen molar-refractivity contribution >= 4 is 0 Å². The number of piperidine rings is 1. The van der Waals surface area contributed by atoms with Gasteiger partial charge in [-0.05, 0) is 57.5 Å². The molecule has 0 aromatic heterocycles. The second kappa shape index (κ2) is 11.0. The lowest BCUT2D eigenvalue weighted by atomic mass is 9.68. The number of hydrogen-bond donors (Lipinski definition) is 1. The summed E-state index contributed by atoms with van der Waals surface area (Å²) in [4.78, 5) is 5.39. The third kappa shape index (κ3) is 6.78. The van der Waals surface area contributed by atoms with E-state index in [0.29, 0.717) is 5.41 Å². The van der Waals surface area contributed by atoms with Crippen LogP contribution in [-0.4, -0.2) is 66.2 Å². The molecule has 0 aromatic carbocycles. The minimum atomic E-state index is 0.288. The van der Waals surface area contributed by atoms with Crippen LogP contribution in [0.25, 0.3) is 0 Å². The van der Waals surface area contributed by atoms with Gasteiger partial charge in [0.25, 0.3) is 0 Å². The predicted molar refractivity (Wildman–Crippen MR) is 115 cm³/mol. The maximum Gasteiger partial charge on any atom is 0.0257 e. The van der Waals surface area contributed by atoms with E-state index in [1.807, 2.05) is 18.9 Å². The van der Waals surface area contributed by atoms with Crippen LogP contribution in [0, 0.1) is 11.3 Å². The molecule has 2 aliphatic rings. The SMILES string of the molecule is CC.CCC(C)CN1CCC(CC)(CC(C)(C)N2CCN(N)CC2)CC1. The Bertz CT molecular complexity index is 366. The second-order valence-corrected chi connectivity index (χ2v) is 9.18. The summed E-state index contributed by atoms with van der Waals surface area (Å²) in [6, 6.07) is 0. The minimum absolute atomic E-state index is 0.288. The van der Waals surface area contributed by atoms with Crippen LogP contribution in [-0.2, 0) is 0 Å². The summed E-state index contributed by atoms with van der Waals surface area (Å²) in [5.41, 5.74) is 0.825. The van der Waals surface area contributed by atoms with E-state index >= 15 is 0 Å². The molecule has 2 N–H and O–H groups in total. The molecule has 1 atom stereocenters. The average Bonchev–Trinajstić information content (AvgIpc) is 2.65. The van der Waals surface area contributed by atoms with Crippen molar-refractivity contribution in [2.45, 2.75) is 86.1 Å². The lowest BCUT2D eigenvalue weighted by Gasteiger charge is -2.50. The van der Waals surface area contributed by atoms with Gasteiger partial charge < -0.3 is 4.90 Å². The van der Waals surface area contributed by atoms with E-state index in [9.17, 15) is 0 Å². The van der Waals surface area contributed by atoms with Crippen molar-refractivity contribution in [3.63, 3.8) is 0 Å². The molecule has 0 aromatic rings. The van der Waals surface area contributed by atoms with Crippen LogP contribution in [0.4, 0.5) is 0 Å². The second-order valence-electron chi connectivity index (χ2n) is 9.18. The van der Waals surface area contributed by atoms with E-state index in [4.69, 9.17) is 5.84 Å². The Labute approximate surface area is 164 Å². The fourth-order valence-electron chi connectivity index (χ4n) is 4.79. The normalized spacial score (nSPS) is 24.0. The molecule has 4 heteroatoms. The maximum atomic E-state index is 5.94. The molecule has 2 fully saturated rings. The van der Waals surface area contributed by atoms with Crippen LogP contribution in [0.15, 0.2) is 0 Å². The zero-order valence-corrected chi connectivity index (χ0v) is 19.0. The Morgan fingerprint density at radius 3 is 1.96 bits per heavy atom. The highest BCUT2D eigenvalue weighted by Gasteiger charge is 2.40. The van der Waals surface area contributed by atoms with Crippen LogP contribution in [0.1, 0.15) is 80.6 Å². The first-order valence-corrected chi connectivity index (χ1v) is 11.3. The molecule has 0 aliphatic carbocycles. The van der Waals surface area contributed by atoms with Crippen molar-refractivity contribution in [2.24, 2.45) is 17.2 Å². The molecular formula is C22H48N4. The van der Waals surface area contributed by atoms with Gasteiger partial charge in [0, 0.05) is 38.3 Å². The standard InChI is InChI=1S/C20H42N4.C2H6/c1-6-18(3)16-22-10-8-20(7-2,9-11-22)17-19(4,5)23-12-14-24(21)15-13-23;1-2/h18H,6-17,21H2,1-5H3;1-2H3. The molecule has 2 saturated heterocycles. The molecule has 0 spiro atoms. The lowest BCUT2D eigenvalue weighted by Crippen LogP contribution is -2.58. The number of piperazine rings is 1. The van der Waals surface area contributed by atoms with Gasteiger partial charge >= 0.3 is 0 Å². The first-order chi connectivity index (χ1) is 12.3. The molecule has 0 saturated carbocycles. The van der Waals surface area contributed by atoms with Crippen molar-refractivity contribution in [3.05, 3.63) is 0 Å². The van der Waals surface area contributed by atoms with Crippen LogP contribution < -0.4 is 5.84 Å². The Hall–Kier alpha value is -0.160. The topological polar surface area (TPSA) is 35.7 Å². The van der Waals surface area contributed by atoms with Crippen molar-refractivity contribution in [1.29, 1.82) is 0 Å². The number of nitrogens with two attached hydrogens (primary N) is 1. The lowest BCUT2D eigenvalue weighted by molar-refractivity contribution is -0.00654. The molecule has 2 rings (SSSR count). The van der Waals surface area contributed by atoms with Crippen molar-refractivity contribution in [3.8, 4) is 0 Å². The largest absolute Gasteiger partial charge is 0.303 e. The van der Waals surface area contributed by atoms with Gasteiger partial charge in [-0.25, -0.2) is 5.01 Å². The van der Waals surface area contributed by atoms with Crippen molar-refractivity contribution < 1.29 is 0 Å². The number of hydrazine groups is 1. The van der Waals surface area contributed by atoms with Gasteiger partial charge in [0.1, 0.15) is 0 Å². The summed E-state index contributed by atoms with van der Waals surface area (Å²) in [7, 11) is 0. The summed E-state index contributed by atoms with van der Waals surface area (Å²) >= 11 is 0. The van der Waals surface area contributed by atoms with E-state index in [-0.39, 0.29) is 5.54 Å². The zero-order chi connectivity index (χ0) is 19.8. The van der Waals surface area contributed by atoms with Gasteiger partial charge in [0.05, 0.1) is 0 Å². The molecule has 2 heterocycles. The maximum absolute atomic E-state index is 5.94. The Balaban J connectivity index is 0.00000163. The number of hydrogen-bond acceptors (Lipinski definition) is 4. The van der Waals surface area contributed by atoms with Gasteiger partial charge in [0.2, 0.25) is 0 Å². The van der Waals surface area contributed by atoms with Gasteiger partial charge in [-0.3, -0.25) is 10.7 Å². The molecule has 1 unspecified atom stereocenters. The summed E-state index contributed by atoms with van der Waals surface area (Å²) in [6.45, 7) is 24.2. The van der Waals surface area contributed by atoms with Crippen LogP contribution in [0.3, 0.4) is 0 Å². The molecule has 0 bridgehead atoms. The predicted octanol–water partition coefficient (Wildman–Crippen LogP) is 4.21. The van der Waals surface area contributed by atoms with Gasteiger partial charge in [-0.2, -0.15) is 0 Å². The quantitative estimate of drug-likeness (QED) is 0.683. The Kier molecular flexibility index (Phi) is 10.1. The third-order valence-corrected chi connectivity index (χ3v) is 6.91. The van der Waals surface area contributed by atoms with Crippen molar-refractivity contribution in [1.82, 2.24) is 14.8 Å². The van der Waals surface area contributed by atoms with Crippen molar-refractivity contribution in [2.75, 3.05) is 45.8 Å². The summed E-state index contributed by atoms with van der Waals surface area (Å²) in [5, 5.41) is 1.97. The van der Waals surface area contributed by atoms with Gasteiger partial charge in [-0.15, -0.1) is 0 Å². The highest BCUT2D eigenvalue weighted by molar-refractivity contribution is 4.95. The fourth-order valence-corrected chi connectivity index (χ4v) is 4.79. The smallest absolute Gasteiger partial charge is 0.0257 e. The summed E-state index contributed by atoms with van der Waals surface area (Å²) < 4.78 is 0. The first kappa shape index (κ1) is 23.9. The van der Waals surface area contributed by atoms with Crippen LogP contribution in [0.2, 0.25) is 0 Å². The fraction of sp³-hybridized carbons (Fsp3) is 1.00. The molecule has 4 nitrogen and oxygen atoms in total. The summed E-state index contributed by atoms with van der Waals surface area (Å²) in [5.74, 6) is 6.78. The molecular weight excluding hydrogens is 320 g/mol. The van der Waals surface area contributed by atoms with E-state index in [2.05, 4.69) is 44.4 Å². The van der Waals surface area contributed by atoms with Crippen LogP contribution >= 0.6 is 0 Å². The molecule has 26 heavy (non-hydrogen) atoms. The van der Waals surface area contributed by atoms with E-state index in [1.54, 1.807) is 0 Å². The van der Waals surface area contributed by atoms with Crippen LogP contribution in [0.5, 0.6) is 0 Å². The minimum Gasteiger partial charge on any atom is -0.303 e. The monoisotopic (exact) mass is 368 g/mol. The number of nitrogens with zero attached hydrogens (tertiary/aromatic N) is 3. The van der Waals surface area contributed by atoms with E-state index in [1.165, 1.54) is 51.7 Å². The van der Waals surface area contributed by atoms with Gasteiger partial charge in [0.15, 0.2) is 0 Å². The Morgan fingerprint density at radius 2 is 1.50 bits per heavy atom.